The van der Waals surface area contributed by atoms with Crippen molar-refractivity contribution < 1.29 is 39.8 Å². The molecule has 0 aromatic rings. The summed E-state index contributed by atoms with van der Waals surface area (Å²) in [4.78, 5) is 12.7. The standard InChI is InChI=1S/C32H59NO8/c1-3-5-7-9-10-11-12-13-14-15-16-18-20-22-28(36)33-25(26(35)21-19-17-8-6-4-2)24-40-32-31(39)30(38)29(37)27(23-34)41-32/h7,9,11-12,25-27,29-32,34-35,37-39H,3-6,8,10,13-24H2,1-2H3,(H,33,36)/b9-7-,12-11-. The van der Waals surface area contributed by atoms with Crippen molar-refractivity contribution in [2.45, 2.75) is 159 Å². The van der Waals surface area contributed by atoms with Crippen molar-refractivity contribution in [3.8, 4) is 0 Å². The normalized spacial score (nSPS) is 24.7. The number of unbranched alkanes of at least 4 members (excludes halogenated alkanes) is 10. The molecule has 0 radical (unpaired) electrons. The lowest BCUT2D eigenvalue weighted by Gasteiger charge is -2.40. The predicted octanol–water partition coefficient (Wildman–Crippen LogP) is 4.04. The SMILES string of the molecule is CCC/C=C\C/C=C\CCCCCCCC(=O)NC(COC1OC(CO)C(O)C(O)C1O)C(O)CCCCCCC. The zero-order valence-corrected chi connectivity index (χ0v) is 25.5. The van der Waals surface area contributed by atoms with Gasteiger partial charge in [-0.1, -0.05) is 95.9 Å². The van der Waals surface area contributed by atoms with Gasteiger partial charge >= 0.3 is 0 Å². The van der Waals surface area contributed by atoms with Gasteiger partial charge in [0.05, 0.1) is 25.4 Å². The zero-order chi connectivity index (χ0) is 30.3. The number of carbonyl (C=O) groups excluding carboxylic acids is 1. The summed E-state index contributed by atoms with van der Waals surface area (Å²) >= 11 is 0. The second-order valence-corrected chi connectivity index (χ2v) is 11.2. The maximum atomic E-state index is 12.7. The summed E-state index contributed by atoms with van der Waals surface area (Å²) in [5, 5.41) is 53.4. The first-order chi connectivity index (χ1) is 19.8. The molecule has 7 unspecified atom stereocenters. The van der Waals surface area contributed by atoms with E-state index in [0.717, 1.165) is 83.5 Å². The number of hydrogen-bond donors (Lipinski definition) is 6. The lowest BCUT2D eigenvalue weighted by atomic mass is 9.99. The Morgan fingerprint density at radius 2 is 1.49 bits per heavy atom. The molecule has 1 aliphatic rings. The minimum atomic E-state index is -1.55. The van der Waals surface area contributed by atoms with Gasteiger partial charge in [-0.3, -0.25) is 4.79 Å². The van der Waals surface area contributed by atoms with Gasteiger partial charge in [0.25, 0.3) is 0 Å². The van der Waals surface area contributed by atoms with Crippen molar-refractivity contribution in [1.29, 1.82) is 0 Å². The average Bonchev–Trinajstić information content (AvgIpc) is 2.97. The van der Waals surface area contributed by atoms with Crippen LogP contribution in [0.2, 0.25) is 0 Å². The molecule has 1 heterocycles. The fourth-order valence-corrected chi connectivity index (χ4v) is 4.84. The number of nitrogens with one attached hydrogen (secondary N) is 1. The minimum Gasteiger partial charge on any atom is -0.394 e. The highest BCUT2D eigenvalue weighted by atomic mass is 16.7. The molecule has 0 saturated carbocycles. The van der Waals surface area contributed by atoms with Gasteiger partial charge in [0.1, 0.15) is 24.4 Å². The molecule has 1 fully saturated rings. The number of rotatable bonds is 24. The van der Waals surface area contributed by atoms with E-state index in [9.17, 15) is 30.3 Å². The van der Waals surface area contributed by atoms with Crippen LogP contribution in [-0.2, 0) is 14.3 Å². The lowest BCUT2D eigenvalue weighted by Crippen LogP contribution is -2.60. The number of aliphatic hydroxyl groups is 5. The molecule has 6 N–H and O–H groups in total. The van der Waals surface area contributed by atoms with Gasteiger partial charge in [0.15, 0.2) is 6.29 Å². The molecule has 9 heteroatoms. The molecule has 1 amide bonds. The van der Waals surface area contributed by atoms with Crippen molar-refractivity contribution in [2.24, 2.45) is 0 Å². The molecular weight excluding hydrogens is 526 g/mol. The molecule has 1 rings (SSSR count). The highest BCUT2D eigenvalue weighted by Crippen LogP contribution is 2.22. The Morgan fingerprint density at radius 3 is 2.20 bits per heavy atom. The molecule has 41 heavy (non-hydrogen) atoms. The third kappa shape index (κ3) is 16.8. The number of amides is 1. The number of hydrogen-bond acceptors (Lipinski definition) is 8. The zero-order valence-electron chi connectivity index (χ0n) is 25.5. The molecule has 7 atom stereocenters. The van der Waals surface area contributed by atoms with Crippen LogP contribution >= 0.6 is 0 Å². The Morgan fingerprint density at radius 1 is 0.829 bits per heavy atom. The van der Waals surface area contributed by atoms with Crippen molar-refractivity contribution in [2.75, 3.05) is 13.2 Å². The largest absolute Gasteiger partial charge is 0.394 e. The number of carbonyl (C=O) groups is 1. The summed E-state index contributed by atoms with van der Waals surface area (Å²) < 4.78 is 11.1. The number of allylic oxidation sites excluding steroid dienone is 4. The van der Waals surface area contributed by atoms with Crippen LogP contribution in [-0.4, -0.2) is 87.5 Å². The first kappa shape index (κ1) is 37.7. The van der Waals surface area contributed by atoms with E-state index in [1.165, 1.54) is 6.42 Å². The van der Waals surface area contributed by atoms with Crippen LogP contribution in [0.1, 0.15) is 117 Å². The summed E-state index contributed by atoms with van der Waals surface area (Å²) in [5.41, 5.74) is 0. The second kappa shape index (κ2) is 24.1. The van der Waals surface area contributed by atoms with Gasteiger partial charge in [0.2, 0.25) is 5.91 Å². The Hall–Kier alpha value is -1.33. The Balaban J connectivity index is 2.45. The predicted molar refractivity (Wildman–Crippen MR) is 161 cm³/mol. The van der Waals surface area contributed by atoms with Crippen LogP contribution in [0.15, 0.2) is 24.3 Å². The maximum absolute atomic E-state index is 12.7. The monoisotopic (exact) mass is 585 g/mol. The van der Waals surface area contributed by atoms with E-state index in [1.54, 1.807) is 0 Å². The number of ether oxygens (including phenoxy) is 2. The summed E-state index contributed by atoms with van der Waals surface area (Å²) in [6.45, 7) is 3.62. The smallest absolute Gasteiger partial charge is 0.220 e. The van der Waals surface area contributed by atoms with Crippen molar-refractivity contribution in [3.05, 3.63) is 24.3 Å². The third-order valence-corrected chi connectivity index (χ3v) is 7.54. The molecular formula is C32H59NO8. The first-order valence-electron chi connectivity index (χ1n) is 16.0. The molecule has 0 aromatic carbocycles. The molecule has 1 saturated heterocycles. The molecule has 240 valence electrons. The van der Waals surface area contributed by atoms with Crippen LogP contribution in [0.5, 0.6) is 0 Å². The summed E-state index contributed by atoms with van der Waals surface area (Å²) in [7, 11) is 0. The van der Waals surface area contributed by atoms with E-state index >= 15 is 0 Å². The molecule has 0 spiro atoms. The Bertz CT molecular complexity index is 701. The van der Waals surface area contributed by atoms with Gasteiger partial charge in [-0.05, 0) is 38.5 Å². The average molecular weight is 586 g/mol. The quantitative estimate of drug-likeness (QED) is 0.0734. The highest BCUT2D eigenvalue weighted by molar-refractivity contribution is 5.76. The van der Waals surface area contributed by atoms with E-state index in [1.807, 2.05) is 0 Å². The Kier molecular flexibility index (Phi) is 22.2. The molecule has 0 aromatic heterocycles. The topological polar surface area (TPSA) is 149 Å². The third-order valence-electron chi connectivity index (χ3n) is 7.54. The molecule has 1 aliphatic heterocycles. The Labute approximate surface area is 248 Å². The van der Waals surface area contributed by atoms with Crippen molar-refractivity contribution >= 4 is 5.91 Å². The minimum absolute atomic E-state index is 0.146. The molecule has 9 nitrogen and oxygen atoms in total. The van der Waals surface area contributed by atoms with Gasteiger partial charge in [-0.2, -0.15) is 0 Å². The van der Waals surface area contributed by atoms with Gasteiger partial charge in [0, 0.05) is 6.42 Å². The van der Waals surface area contributed by atoms with Crippen LogP contribution in [0.3, 0.4) is 0 Å². The molecule has 0 bridgehead atoms. The second-order valence-electron chi connectivity index (χ2n) is 11.2. The fourth-order valence-electron chi connectivity index (χ4n) is 4.84. The molecule has 0 aliphatic carbocycles. The van der Waals surface area contributed by atoms with Crippen LogP contribution in [0.25, 0.3) is 0 Å². The van der Waals surface area contributed by atoms with Crippen molar-refractivity contribution in [3.63, 3.8) is 0 Å². The van der Waals surface area contributed by atoms with E-state index in [4.69, 9.17) is 9.47 Å². The summed E-state index contributed by atoms with van der Waals surface area (Å²) in [6, 6.07) is -0.718. The van der Waals surface area contributed by atoms with Gasteiger partial charge in [-0.15, -0.1) is 0 Å². The number of aliphatic hydroxyl groups excluding tert-OH is 5. The van der Waals surface area contributed by atoms with E-state index in [0.29, 0.717) is 12.8 Å². The van der Waals surface area contributed by atoms with Crippen LogP contribution in [0.4, 0.5) is 0 Å². The highest BCUT2D eigenvalue weighted by Gasteiger charge is 2.44. The van der Waals surface area contributed by atoms with Crippen LogP contribution < -0.4 is 5.32 Å². The van der Waals surface area contributed by atoms with Gasteiger partial charge in [-0.25, -0.2) is 0 Å². The van der Waals surface area contributed by atoms with E-state index in [-0.39, 0.29) is 12.5 Å². The van der Waals surface area contributed by atoms with Crippen LogP contribution in [0, 0.1) is 0 Å². The van der Waals surface area contributed by atoms with Gasteiger partial charge < -0.3 is 40.3 Å². The van der Waals surface area contributed by atoms with E-state index in [2.05, 4.69) is 43.5 Å². The summed E-state index contributed by atoms with van der Waals surface area (Å²) in [6.07, 6.45) is 16.6. The summed E-state index contributed by atoms with van der Waals surface area (Å²) in [5.74, 6) is -0.170. The lowest BCUT2D eigenvalue weighted by molar-refractivity contribution is -0.302. The maximum Gasteiger partial charge on any atom is 0.220 e. The first-order valence-corrected chi connectivity index (χ1v) is 16.0. The fraction of sp³-hybridized carbons (Fsp3) is 0.844. The van der Waals surface area contributed by atoms with E-state index < -0.39 is 49.5 Å². The van der Waals surface area contributed by atoms with Crippen molar-refractivity contribution in [1.82, 2.24) is 5.32 Å².